The van der Waals surface area contributed by atoms with Crippen molar-refractivity contribution < 1.29 is 13.7 Å². The van der Waals surface area contributed by atoms with Crippen molar-refractivity contribution in [2.75, 3.05) is 7.11 Å². The second kappa shape index (κ2) is 5.13. The molecule has 2 aromatic carbocycles. The van der Waals surface area contributed by atoms with Crippen LogP contribution in [0, 0.1) is 5.82 Å². The molecule has 0 saturated carbocycles. The number of methoxy groups -OCH3 is 1. The third-order valence-corrected chi connectivity index (χ3v) is 2.85. The molecule has 100 valence electrons. The highest BCUT2D eigenvalue weighted by Crippen LogP contribution is 2.25. The number of nitrogens with zero attached hydrogens (tertiary/aromatic N) is 2. The van der Waals surface area contributed by atoms with Gasteiger partial charge in [-0.3, -0.25) is 0 Å². The van der Waals surface area contributed by atoms with Gasteiger partial charge in [0.25, 0.3) is 5.89 Å². The highest BCUT2D eigenvalue weighted by molar-refractivity contribution is 5.60. The number of aromatic nitrogens is 2. The zero-order chi connectivity index (χ0) is 13.9. The molecule has 0 atom stereocenters. The number of halogens is 1. The third kappa shape index (κ3) is 2.38. The van der Waals surface area contributed by atoms with Crippen molar-refractivity contribution >= 4 is 0 Å². The molecular formula is C15H11FN2O2. The van der Waals surface area contributed by atoms with Crippen LogP contribution in [0.25, 0.3) is 22.8 Å². The molecule has 3 rings (SSSR count). The van der Waals surface area contributed by atoms with Crippen LogP contribution in [-0.4, -0.2) is 17.3 Å². The molecule has 1 heterocycles. The average molecular weight is 270 g/mol. The first kappa shape index (κ1) is 12.3. The van der Waals surface area contributed by atoms with E-state index in [1.54, 1.807) is 19.2 Å². The summed E-state index contributed by atoms with van der Waals surface area (Å²) in [4.78, 5) is 4.30. The Balaban J connectivity index is 1.95. The Morgan fingerprint density at radius 3 is 2.60 bits per heavy atom. The van der Waals surface area contributed by atoms with E-state index in [1.807, 2.05) is 24.3 Å². The summed E-state index contributed by atoms with van der Waals surface area (Å²) < 4.78 is 23.3. The molecule has 0 saturated heterocycles. The van der Waals surface area contributed by atoms with Crippen LogP contribution in [0.3, 0.4) is 0 Å². The normalized spacial score (nSPS) is 10.5. The van der Waals surface area contributed by atoms with Crippen molar-refractivity contribution in [2.45, 2.75) is 0 Å². The molecule has 0 bridgehead atoms. The Bertz CT molecular complexity index is 723. The van der Waals surface area contributed by atoms with Crippen LogP contribution >= 0.6 is 0 Å². The molecule has 20 heavy (non-hydrogen) atoms. The lowest BCUT2D eigenvalue weighted by Crippen LogP contribution is -1.84. The van der Waals surface area contributed by atoms with Crippen LogP contribution in [0.4, 0.5) is 4.39 Å². The minimum Gasteiger partial charge on any atom is -0.497 e. The van der Waals surface area contributed by atoms with E-state index in [4.69, 9.17) is 9.26 Å². The van der Waals surface area contributed by atoms with Crippen molar-refractivity contribution in [3.8, 4) is 28.6 Å². The predicted molar refractivity (Wildman–Crippen MR) is 71.7 cm³/mol. The number of hydrogen-bond acceptors (Lipinski definition) is 4. The summed E-state index contributed by atoms with van der Waals surface area (Å²) in [5, 5.41) is 3.90. The summed E-state index contributed by atoms with van der Waals surface area (Å²) in [6, 6.07) is 13.3. The monoisotopic (exact) mass is 270 g/mol. The lowest BCUT2D eigenvalue weighted by atomic mass is 10.2. The minimum absolute atomic E-state index is 0.301. The zero-order valence-electron chi connectivity index (χ0n) is 10.7. The molecule has 1 aromatic heterocycles. The fourth-order valence-electron chi connectivity index (χ4n) is 1.81. The molecule has 0 aliphatic heterocycles. The summed E-state index contributed by atoms with van der Waals surface area (Å²) in [5.74, 6) is 1.22. The quantitative estimate of drug-likeness (QED) is 0.730. The molecule has 5 heteroatoms. The average Bonchev–Trinajstić information content (AvgIpc) is 2.98. The van der Waals surface area contributed by atoms with E-state index in [0.29, 0.717) is 23.0 Å². The second-order valence-corrected chi connectivity index (χ2v) is 4.16. The standard InChI is InChI=1S/C15H11FN2O2/c1-19-13-4-2-3-11(9-13)15-17-14(18-20-15)10-5-7-12(16)8-6-10/h2-9H,1H3. The largest absolute Gasteiger partial charge is 0.497 e. The van der Waals surface area contributed by atoms with Gasteiger partial charge in [-0.15, -0.1) is 0 Å². The molecule has 0 unspecified atom stereocenters. The van der Waals surface area contributed by atoms with Crippen LogP contribution in [0.1, 0.15) is 0 Å². The van der Waals surface area contributed by atoms with Gasteiger partial charge in [0.1, 0.15) is 11.6 Å². The van der Waals surface area contributed by atoms with Gasteiger partial charge >= 0.3 is 0 Å². The first-order valence-electron chi connectivity index (χ1n) is 6.00. The van der Waals surface area contributed by atoms with Gasteiger partial charge in [0.15, 0.2) is 0 Å². The molecule has 0 radical (unpaired) electrons. The van der Waals surface area contributed by atoms with Gasteiger partial charge in [0, 0.05) is 11.1 Å². The van der Waals surface area contributed by atoms with Gasteiger partial charge in [-0.05, 0) is 42.5 Å². The van der Waals surface area contributed by atoms with Crippen molar-refractivity contribution in [3.05, 3.63) is 54.3 Å². The SMILES string of the molecule is COc1cccc(-c2nc(-c3ccc(F)cc3)no2)c1. The molecule has 0 N–H and O–H groups in total. The summed E-state index contributed by atoms with van der Waals surface area (Å²) in [5.41, 5.74) is 1.47. The lowest BCUT2D eigenvalue weighted by Gasteiger charge is -1.99. The van der Waals surface area contributed by atoms with Crippen LogP contribution < -0.4 is 4.74 Å². The van der Waals surface area contributed by atoms with Crippen molar-refractivity contribution in [2.24, 2.45) is 0 Å². The summed E-state index contributed by atoms with van der Waals surface area (Å²) >= 11 is 0. The van der Waals surface area contributed by atoms with E-state index in [9.17, 15) is 4.39 Å². The molecule has 4 nitrogen and oxygen atoms in total. The molecule has 0 aliphatic rings. The van der Waals surface area contributed by atoms with Gasteiger partial charge < -0.3 is 9.26 Å². The highest BCUT2D eigenvalue weighted by Gasteiger charge is 2.11. The smallest absolute Gasteiger partial charge is 0.258 e. The molecule has 0 spiro atoms. The maximum atomic E-state index is 12.9. The fourth-order valence-corrected chi connectivity index (χ4v) is 1.81. The van der Waals surface area contributed by atoms with Crippen molar-refractivity contribution in [1.82, 2.24) is 10.1 Å². The minimum atomic E-state index is -0.301. The van der Waals surface area contributed by atoms with Crippen LogP contribution in [0.2, 0.25) is 0 Å². The van der Waals surface area contributed by atoms with E-state index in [2.05, 4.69) is 10.1 Å². The summed E-state index contributed by atoms with van der Waals surface area (Å²) in [6.07, 6.45) is 0. The zero-order valence-corrected chi connectivity index (χ0v) is 10.7. The Morgan fingerprint density at radius 1 is 1.05 bits per heavy atom. The van der Waals surface area contributed by atoms with Crippen LogP contribution in [0.15, 0.2) is 53.1 Å². The Hall–Kier alpha value is -2.69. The number of hydrogen-bond donors (Lipinski definition) is 0. The van der Waals surface area contributed by atoms with Crippen LogP contribution in [0.5, 0.6) is 5.75 Å². The van der Waals surface area contributed by atoms with E-state index in [-0.39, 0.29) is 5.82 Å². The van der Waals surface area contributed by atoms with Crippen molar-refractivity contribution in [3.63, 3.8) is 0 Å². The summed E-state index contributed by atoms with van der Waals surface area (Å²) in [7, 11) is 1.59. The van der Waals surface area contributed by atoms with E-state index < -0.39 is 0 Å². The Kier molecular flexibility index (Phi) is 3.16. The first-order valence-corrected chi connectivity index (χ1v) is 6.00. The molecule has 0 aliphatic carbocycles. The number of benzene rings is 2. The molecule has 0 fully saturated rings. The predicted octanol–water partition coefficient (Wildman–Crippen LogP) is 3.55. The van der Waals surface area contributed by atoms with Gasteiger partial charge in [0.05, 0.1) is 7.11 Å². The van der Waals surface area contributed by atoms with Crippen molar-refractivity contribution in [1.29, 1.82) is 0 Å². The second-order valence-electron chi connectivity index (χ2n) is 4.16. The third-order valence-electron chi connectivity index (χ3n) is 2.85. The van der Waals surface area contributed by atoms with Gasteiger partial charge in [-0.1, -0.05) is 11.2 Å². The van der Waals surface area contributed by atoms with Gasteiger partial charge in [-0.25, -0.2) is 4.39 Å². The maximum absolute atomic E-state index is 12.9. The van der Waals surface area contributed by atoms with E-state index >= 15 is 0 Å². The number of ether oxygens (including phenoxy) is 1. The van der Waals surface area contributed by atoms with Gasteiger partial charge in [0.2, 0.25) is 5.82 Å². The highest BCUT2D eigenvalue weighted by atomic mass is 19.1. The maximum Gasteiger partial charge on any atom is 0.258 e. The lowest BCUT2D eigenvalue weighted by molar-refractivity contribution is 0.413. The van der Waals surface area contributed by atoms with E-state index in [1.165, 1.54) is 12.1 Å². The Labute approximate surface area is 114 Å². The number of rotatable bonds is 3. The molecule has 3 aromatic rings. The fraction of sp³-hybridized carbons (Fsp3) is 0.0667. The van der Waals surface area contributed by atoms with E-state index in [0.717, 1.165) is 5.56 Å². The van der Waals surface area contributed by atoms with Crippen LogP contribution in [-0.2, 0) is 0 Å². The molecule has 0 amide bonds. The summed E-state index contributed by atoms with van der Waals surface area (Å²) in [6.45, 7) is 0. The first-order chi connectivity index (χ1) is 9.76. The molecular weight excluding hydrogens is 259 g/mol. The Morgan fingerprint density at radius 2 is 1.85 bits per heavy atom. The van der Waals surface area contributed by atoms with Gasteiger partial charge in [-0.2, -0.15) is 4.98 Å². The topological polar surface area (TPSA) is 48.2 Å².